The second-order valence-corrected chi connectivity index (χ2v) is 7.34. The van der Waals surface area contributed by atoms with Gasteiger partial charge in [0.1, 0.15) is 11.0 Å². The fraction of sp³-hybridized carbons (Fsp3) is 0.167. The lowest BCUT2D eigenvalue weighted by atomic mass is 10.2. The van der Waals surface area contributed by atoms with Crippen molar-refractivity contribution in [1.82, 2.24) is 0 Å². The molecule has 2 aromatic carbocycles. The summed E-state index contributed by atoms with van der Waals surface area (Å²) in [4.78, 5) is 1.81. The first kappa shape index (κ1) is 16.8. The molecule has 2 rings (SSSR count). The molecule has 0 saturated heterocycles. The molecular formula is C18H18N2O2S. The summed E-state index contributed by atoms with van der Waals surface area (Å²) in [5.74, 6) is 0. The molecule has 0 amide bonds. The van der Waals surface area contributed by atoms with Gasteiger partial charge in [-0.05, 0) is 42.8 Å². The molecule has 0 bridgehead atoms. The van der Waals surface area contributed by atoms with E-state index in [1.54, 1.807) is 30.3 Å². The minimum Gasteiger partial charge on any atom is -0.378 e. The summed E-state index contributed by atoms with van der Waals surface area (Å²) in [6.07, 6.45) is 1.40. The lowest BCUT2D eigenvalue weighted by Crippen LogP contribution is -2.08. The first-order chi connectivity index (χ1) is 10.8. The molecule has 0 unspecified atom stereocenters. The quantitative estimate of drug-likeness (QED) is 0.808. The zero-order valence-electron chi connectivity index (χ0n) is 13.3. The van der Waals surface area contributed by atoms with Gasteiger partial charge in [0.05, 0.1) is 4.90 Å². The number of nitrogens with zero attached hydrogens (tertiary/aromatic N) is 2. The predicted molar refractivity (Wildman–Crippen MR) is 92.7 cm³/mol. The monoisotopic (exact) mass is 326 g/mol. The number of sulfone groups is 1. The number of hydrogen-bond acceptors (Lipinski definition) is 4. The number of rotatable bonds is 4. The van der Waals surface area contributed by atoms with E-state index in [1.807, 2.05) is 38.1 Å². The molecule has 2 aromatic rings. The maximum absolute atomic E-state index is 12.6. The van der Waals surface area contributed by atoms with Gasteiger partial charge < -0.3 is 4.90 Å². The molecule has 0 N–H and O–H groups in total. The molecule has 5 heteroatoms. The minimum absolute atomic E-state index is 0.126. The second kappa shape index (κ2) is 6.67. The Labute approximate surface area is 137 Å². The van der Waals surface area contributed by atoms with E-state index in [0.717, 1.165) is 11.3 Å². The van der Waals surface area contributed by atoms with Gasteiger partial charge in [-0.25, -0.2) is 8.42 Å². The van der Waals surface area contributed by atoms with Crippen molar-refractivity contribution >= 4 is 21.6 Å². The van der Waals surface area contributed by atoms with Crippen LogP contribution in [0.2, 0.25) is 0 Å². The Morgan fingerprint density at radius 3 is 2.09 bits per heavy atom. The van der Waals surface area contributed by atoms with Crippen LogP contribution in [0.1, 0.15) is 11.1 Å². The molecule has 0 atom stereocenters. The molecule has 0 saturated carbocycles. The molecule has 0 aliphatic heterocycles. The Hall–Kier alpha value is -2.58. The molecule has 0 aliphatic carbocycles. The van der Waals surface area contributed by atoms with Crippen molar-refractivity contribution in [3.63, 3.8) is 0 Å². The zero-order valence-corrected chi connectivity index (χ0v) is 14.1. The average Bonchev–Trinajstić information content (AvgIpc) is 2.53. The van der Waals surface area contributed by atoms with Gasteiger partial charge in [0.15, 0.2) is 0 Å². The van der Waals surface area contributed by atoms with Crippen molar-refractivity contribution in [2.45, 2.75) is 11.8 Å². The number of allylic oxidation sites excluding steroid dienone is 1. The van der Waals surface area contributed by atoms with Crippen LogP contribution in [0.25, 0.3) is 6.08 Å². The normalized spacial score (nSPS) is 11.8. The van der Waals surface area contributed by atoms with E-state index < -0.39 is 9.84 Å². The van der Waals surface area contributed by atoms with Gasteiger partial charge in [0.25, 0.3) is 0 Å². The van der Waals surface area contributed by atoms with Gasteiger partial charge in [-0.15, -0.1) is 0 Å². The van der Waals surface area contributed by atoms with Gasteiger partial charge in [-0.2, -0.15) is 5.26 Å². The Kier molecular flexibility index (Phi) is 4.87. The number of benzene rings is 2. The summed E-state index contributed by atoms with van der Waals surface area (Å²) < 4.78 is 25.1. The average molecular weight is 326 g/mol. The third-order valence-electron chi connectivity index (χ3n) is 3.44. The molecule has 23 heavy (non-hydrogen) atoms. The molecule has 118 valence electrons. The van der Waals surface area contributed by atoms with Crippen molar-refractivity contribution < 1.29 is 8.42 Å². The molecule has 0 heterocycles. The van der Waals surface area contributed by atoms with Crippen molar-refractivity contribution in [3.8, 4) is 6.07 Å². The SMILES string of the molecule is Cc1ccc(S(=O)(=O)/C(C#N)=C/c2ccc(N(C)C)cc2)cc1. The Morgan fingerprint density at radius 2 is 1.61 bits per heavy atom. The molecule has 0 radical (unpaired) electrons. The Bertz CT molecular complexity index is 857. The lowest BCUT2D eigenvalue weighted by Gasteiger charge is -2.12. The van der Waals surface area contributed by atoms with Crippen LogP contribution in [-0.2, 0) is 9.84 Å². The summed E-state index contributed by atoms with van der Waals surface area (Å²) in [6.45, 7) is 1.88. The van der Waals surface area contributed by atoms with Crippen LogP contribution in [0.5, 0.6) is 0 Å². The van der Waals surface area contributed by atoms with Crippen LogP contribution in [-0.4, -0.2) is 22.5 Å². The maximum atomic E-state index is 12.6. The largest absolute Gasteiger partial charge is 0.378 e. The molecule has 0 spiro atoms. The van der Waals surface area contributed by atoms with Gasteiger partial charge in [-0.3, -0.25) is 0 Å². The highest BCUT2D eigenvalue weighted by Gasteiger charge is 2.20. The van der Waals surface area contributed by atoms with Gasteiger partial charge in [0, 0.05) is 19.8 Å². The zero-order chi connectivity index (χ0) is 17.0. The Morgan fingerprint density at radius 1 is 1.04 bits per heavy atom. The summed E-state index contributed by atoms with van der Waals surface area (Å²) >= 11 is 0. The Balaban J connectivity index is 2.42. The maximum Gasteiger partial charge on any atom is 0.216 e. The first-order valence-electron chi connectivity index (χ1n) is 7.05. The second-order valence-electron chi connectivity index (χ2n) is 5.42. The third-order valence-corrected chi connectivity index (χ3v) is 5.12. The van der Waals surface area contributed by atoms with E-state index in [4.69, 9.17) is 0 Å². The molecule has 0 fully saturated rings. The molecule has 0 aromatic heterocycles. The lowest BCUT2D eigenvalue weighted by molar-refractivity contribution is 0.603. The fourth-order valence-electron chi connectivity index (χ4n) is 2.03. The summed E-state index contributed by atoms with van der Waals surface area (Å²) in [5.41, 5.74) is 2.63. The minimum atomic E-state index is -3.80. The van der Waals surface area contributed by atoms with E-state index in [9.17, 15) is 13.7 Å². The first-order valence-corrected chi connectivity index (χ1v) is 8.54. The van der Waals surface area contributed by atoms with Crippen LogP contribution in [0.15, 0.2) is 58.3 Å². The van der Waals surface area contributed by atoms with Crippen molar-refractivity contribution in [2.75, 3.05) is 19.0 Å². The smallest absolute Gasteiger partial charge is 0.216 e. The summed E-state index contributed by atoms with van der Waals surface area (Å²) in [6, 6.07) is 15.6. The van der Waals surface area contributed by atoms with Crippen LogP contribution >= 0.6 is 0 Å². The van der Waals surface area contributed by atoms with Gasteiger partial charge >= 0.3 is 0 Å². The number of anilines is 1. The third kappa shape index (κ3) is 3.79. The van der Waals surface area contributed by atoms with Crippen molar-refractivity contribution in [2.24, 2.45) is 0 Å². The predicted octanol–water partition coefficient (Wildman–Crippen LogP) is 3.40. The van der Waals surface area contributed by atoms with Crippen molar-refractivity contribution in [3.05, 3.63) is 64.6 Å². The van der Waals surface area contributed by atoms with E-state index in [2.05, 4.69) is 0 Å². The van der Waals surface area contributed by atoms with Gasteiger partial charge in [0.2, 0.25) is 9.84 Å². The highest BCUT2D eigenvalue weighted by Crippen LogP contribution is 2.22. The van der Waals surface area contributed by atoms with Gasteiger partial charge in [-0.1, -0.05) is 29.8 Å². The van der Waals surface area contributed by atoms with Crippen molar-refractivity contribution in [1.29, 1.82) is 5.26 Å². The van der Waals surface area contributed by atoms with Crippen LogP contribution < -0.4 is 4.90 Å². The van der Waals surface area contributed by atoms with E-state index in [0.29, 0.717) is 5.56 Å². The number of nitriles is 1. The number of hydrogen-bond donors (Lipinski definition) is 0. The highest BCUT2D eigenvalue weighted by molar-refractivity contribution is 7.95. The molecule has 0 aliphatic rings. The topological polar surface area (TPSA) is 61.2 Å². The van der Waals surface area contributed by atoms with Crippen LogP contribution in [0.3, 0.4) is 0 Å². The summed E-state index contributed by atoms with van der Waals surface area (Å²) in [7, 11) is 0.0451. The standard InChI is InChI=1S/C18H18N2O2S/c1-14-4-10-17(11-5-14)23(21,22)18(13-19)12-15-6-8-16(9-7-15)20(2)3/h4-12H,1-3H3/b18-12+. The van der Waals surface area contributed by atoms with Crippen LogP contribution in [0.4, 0.5) is 5.69 Å². The summed E-state index contributed by atoms with van der Waals surface area (Å²) in [5, 5.41) is 9.28. The highest BCUT2D eigenvalue weighted by atomic mass is 32.2. The van der Waals surface area contributed by atoms with E-state index in [1.165, 1.54) is 18.2 Å². The van der Waals surface area contributed by atoms with Crippen LogP contribution in [0, 0.1) is 18.3 Å². The fourth-order valence-corrected chi connectivity index (χ4v) is 3.19. The number of aryl methyl sites for hydroxylation is 1. The van der Waals surface area contributed by atoms with E-state index in [-0.39, 0.29) is 9.80 Å². The molecular weight excluding hydrogens is 308 g/mol. The van der Waals surface area contributed by atoms with E-state index >= 15 is 0 Å². The molecule has 4 nitrogen and oxygen atoms in total.